The number of nitrogens with zero attached hydrogens (tertiary/aromatic N) is 1. The molecule has 2 atom stereocenters. The van der Waals surface area contributed by atoms with Gasteiger partial charge < -0.3 is 15.1 Å². The van der Waals surface area contributed by atoms with E-state index in [2.05, 4.69) is 0 Å². The number of aliphatic hydroxyl groups excluding tert-OH is 1. The lowest BCUT2D eigenvalue weighted by molar-refractivity contribution is -0.161. The van der Waals surface area contributed by atoms with Crippen molar-refractivity contribution >= 4 is 23.5 Å². The van der Waals surface area contributed by atoms with Crippen LogP contribution in [0.3, 0.4) is 0 Å². The molecule has 0 bridgehead atoms. The van der Waals surface area contributed by atoms with Gasteiger partial charge in [0.1, 0.15) is 5.41 Å². The number of carboxylic acids is 1. The molecule has 142 valence electrons. The fourth-order valence-corrected chi connectivity index (χ4v) is 3.86. The normalized spacial score (nSPS) is 22.5. The van der Waals surface area contributed by atoms with Crippen LogP contribution in [0.1, 0.15) is 27.9 Å². The molecule has 0 aromatic heterocycles. The smallest absolute Gasteiger partial charge is 0.314 e. The molecular formula is C21H22ClNO4. The van der Waals surface area contributed by atoms with Crippen LogP contribution in [0.15, 0.2) is 48.5 Å². The summed E-state index contributed by atoms with van der Waals surface area (Å²) in [4.78, 5) is 26.7. The average Bonchev–Trinajstić information content (AvgIpc) is 2.66. The van der Waals surface area contributed by atoms with Crippen molar-refractivity contribution in [3.63, 3.8) is 0 Å². The van der Waals surface area contributed by atoms with Crippen LogP contribution in [0.25, 0.3) is 0 Å². The number of halogens is 1. The number of hydrogen-bond donors (Lipinski definition) is 2. The van der Waals surface area contributed by atoms with Gasteiger partial charge >= 0.3 is 5.97 Å². The quantitative estimate of drug-likeness (QED) is 0.844. The number of carboxylic acid groups (broad SMARTS) is 1. The standard InChI is InChI=1S/C21H22ClNO4/c1-14-16(8-5-9-17(14)22)19(25)23-11-10-18(24)21(13-23,20(26)27)12-15-6-3-2-4-7-15/h2-9,18,24H,10-13H2,1H3,(H,26,27)/t18-,21-/m1/s1. The Balaban J connectivity index is 1.92. The highest BCUT2D eigenvalue weighted by atomic mass is 35.5. The minimum atomic E-state index is -1.44. The van der Waals surface area contributed by atoms with Crippen molar-refractivity contribution in [2.75, 3.05) is 13.1 Å². The first-order valence-corrected chi connectivity index (χ1v) is 9.23. The second-order valence-corrected chi connectivity index (χ2v) is 7.47. The fourth-order valence-electron chi connectivity index (χ4n) is 3.68. The highest BCUT2D eigenvalue weighted by Crippen LogP contribution is 2.35. The molecule has 5 nitrogen and oxygen atoms in total. The average molecular weight is 388 g/mol. The predicted octanol–water partition coefficient (Wildman–Crippen LogP) is 3.17. The van der Waals surface area contributed by atoms with Crippen molar-refractivity contribution in [3.05, 3.63) is 70.2 Å². The first-order chi connectivity index (χ1) is 12.8. The number of aliphatic hydroxyl groups is 1. The Morgan fingerprint density at radius 2 is 1.89 bits per heavy atom. The number of carbonyl (C=O) groups is 2. The summed E-state index contributed by atoms with van der Waals surface area (Å²) in [7, 11) is 0. The van der Waals surface area contributed by atoms with E-state index in [1.54, 1.807) is 25.1 Å². The summed E-state index contributed by atoms with van der Waals surface area (Å²) in [6, 6.07) is 14.3. The van der Waals surface area contributed by atoms with E-state index in [-0.39, 0.29) is 25.3 Å². The third-order valence-electron chi connectivity index (χ3n) is 5.36. The molecule has 0 saturated carbocycles. The van der Waals surface area contributed by atoms with Gasteiger partial charge in [0.2, 0.25) is 0 Å². The molecule has 1 fully saturated rings. The Morgan fingerprint density at radius 1 is 1.19 bits per heavy atom. The minimum absolute atomic E-state index is 0.0524. The Kier molecular flexibility index (Phi) is 5.53. The van der Waals surface area contributed by atoms with Crippen LogP contribution < -0.4 is 0 Å². The zero-order valence-corrected chi connectivity index (χ0v) is 15.8. The molecule has 0 spiro atoms. The maximum absolute atomic E-state index is 13.0. The summed E-state index contributed by atoms with van der Waals surface area (Å²) in [5, 5.41) is 21.0. The zero-order valence-electron chi connectivity index (χ0n) is 15.1. The van der Waals surface area contributed by atoms with E-state index in [0.717, 1.165) is 5.56 Å². The van der Waals surface area contributed by atoms with E-state index in [1.165, 1.54) is 4.90 Å². The zero-order chi connectivity index (χ0) is 19.6. The van der Waals surface area contributed by atoms with Crippen molar-refractivity contribution in [1.29, 1.82) is 0 Å². The number of aliphatic carboxylic acids is 1. The number of piperidine rings is 1. The van der Waals surface area contributed by atoms with Gasteiger partial charge in [-0.3, -0.25) is 9.59 Å². The number of carbonyl (C=O) groups excluding carboxylic acids is 1. The van der Waals surface area contributed by atoms with E-state index in [4.69, 9.17) is 11.6 Å². The molecule has 1 saturated heterocycles. The van der Waals surface area contributed by atoms with Gasteiger partial charge in [-0.05, 0) is 43.0 Å². The van der Waals surface area contributed by atoms with Crippen molar-refractivity contribution in [2.24, 2.45) is 5.41 Å². The second kappa shape index (κ2) is 7.71. The first kappa shape index (κ1) is 19.4. The van der Waals surface area contributed by atoms with Crippen LogP contribution in [-0.4, -0.2) is 46.2 Å². The maximum atomic E-state index is 13.0. The second-order valence-electron chi connectivity index (χ2n) is 7.07. The third kappa shape index (κ3) is 3.70. The van der Waals surface area contributed by atoms with Gasteiger partial charge in [0.15, 0.2) is 0 Å². The van der Waals surface area contributed by atoms with Gasteiger partial charge in [-0.1, -0.05) is 48.0 Å². The van der Waals surface area contributed by atoms with Crippen molar-refractivity contribution in [1.82, 2.24) is 4.90 Å². The Labute approximate surface area is 163 Å². The molecule has 0 aliphatic carbocycles. The lowest BCUT2D eigenvalue weighted by Gasteiger charge is -2.43. The molecule has 2 aromatic rings. The van der Waals surface area contributed by atoms with Crippen LogP contribution in [-0.2, 0) is 11.2 Å². The predicted molar refractivity (Wildman–Crippen MR) is 103 cm³/mol. The van der Waals surface area contributed by atoms with Gasteiger partial charge in [0.25, 0.3) is 5.91 Å². The van der Waals surface area contributed by atoms with Gasteiger partial charge in [-0.25, -0.2) is 0 Å². The largest absolute Gasteiger partial charge is 0.481 e. The van der Waals surface area contributed by atoms with Crippen LogP contribution in [0, 0.1) is 12.3 Å². The van der Waals surface area contributed by atoms with Crippen LogP contribution in [0.4, 0.5) is 0 Å². The third-order valence-corrected chi connectivity index (χ3v) is 5.77. The van der Waals surface area contributed by atoms with Gasteiger partial charge in [0.05, 0.1) is 6.10 Å². The molecule has 0 radical (unpaired) electrons. The SMILES string of the molecule is Cc1c(Cl)cccc1C(=O)N1CC[C@@H](O)[C@](Cc2ccccc2)(C(=O)O)C1. The van der Waals surface area contributed by atoms with Crippen LogP contribution >= 0.6 is 11.6 Å². The molecule has 27 heavy (non-hydrogen) atoms. The van der Waals surface area contributed by atoms with E-state index in [9.17, 15) is 19.8 Å². The molecule has 2 aromatic carbocycles. The molecular weight excluding hydrogens is 366 g/mol. The summed E-state index contributed by atoms with van der Waals surface area (Å²) < 4.78 is 0. The van der Waals surface area contributed by atoms with Crippen molar-refractivity contribution in [3.8, 4) is 0 Å². The van der Waals surface area contributed by atoms with E-state index in [1.807, 2.05) is 30.3 Å². The summed E-state index contributed by atoms with van der Waals surface area (Å²) >= 11 is 6.13. The van der Waals surface area contributed by atoms with Gasteiger partial charge in [-0.2, -0.15) is 0 Å². The van der Waals surface area contributed by atoms with Crippen LogP contribution in [0.2, 0.25) is 5.02 Å². The minimum Gasteiger partial charge on any atom is -0.481 e. The molecule has 1 amide bonds. The van der Waals surface area contributed by atoms with E-state index >= 15 is 0 Å². The molecule has 2 N–H and O–H groups in total. The summed E-state index contributed by atoms with van der Waals surface area (Å²) in [5.41, 5.74) is 0.492. The maximum Gasteiger partial charge on any atom is 0.314 e. The number of amides is 1. The molecule has 1 aliphatic rings. The molecule has 1 aliphatic heterocycles. The van der Waals surface area contributed by atoms with E-state index in [0.29, 0.717) is 22.7 Å². The summed E-state index contributed by atoms with van der Waals surface area (Å²) in [5.74, 6) is -1.36. The summed E-state index contributed by atoms with van der Waals surface area (Å²) in [6.45, 7) is 2.02. The lowest BCUT2D eigenvalue weighted by atomic mass is 9.72. The number of likely N-dealkylation sites (tertiary alicyclic amines) is 1. The highest BCUT2D eigenvalue weighted by Gasteiger charge is 2.50. The molecule has 3 rings (SSSR count). The molecule has 1 heterocycles. The first-order valence-electron chi connectivity index (χ1n) is 8.85. The Hall–Kier alpha value is -2.37. The fraction of sp³-hybridized carbons (Fsp3) is 0.333. The Morgan fingerprint density at radius 3 is 2.56 bits per heavy atom. The monoisotopic (exact) mass is 387 g/mol. The van der Waals surface area contributed by atoms with E-state index < -0.39 is 17.5 Å². The Bertz CT molecular complexity index is 855. The number of rotatable bonds is 4. The lowest BCUT2D eigenvalue weighted by Crippen LogP contribution is -2.58. The molecule has 6 heteroatoms. The van der Waals surface area contributed by atoms with Crippen LogP contribution in [0.5, 0.6) is 0 Å². The van der Waals surface area contributed by atoms with Crippen molar-refractivity contribution in [2.45, 2.75) is 25.9 Å². The summed E-state index contributed by atoms with van der Waals surface area (Å²) in [6.07, 6.45) is -0.660. The number of benzene rings is 2. The number of hydrogen-bond acceptors (Lipinski definition) is 3. The highest BCUT2D eigenvalue weighted by molar-refractivity contribution is 6.31. The topological polar surface area (TPSA) is 77.8 Å². The van der Waals surface area contributed by atoms with Crippen molar-refractivity contribution < 1.29 is 19.8 Å². The molecule has 0 unspecified atom stereocenters. The van der Waals surface area contributed by atoms with Gasteiger partial charge in [0, 0.05) is 23.7 Å². The van der Waals surface area contributed by atoms with Gasteiger partial charge in [-0.15, -0.1) is 0 Å².